The molecule has 12 aromatic rings. The van der Waals surface area contributed by atoms with Crippen molar-refractivity contribution >= 4 is 71.6 Å². The molecule has 3 heteroatoms. The van der Waals surface area contributed by atoms with Crippen LogP contribution in [0.25, 0.3) is 93.6 Å². The van der Waals surface area contributed by atoms with Gasteiger partial charge in [0.2, 0.25) is 0 Å². The maximum atomic E-state index is 6.43. The lowest BCUT2D eigenvalue weighted by Gasteiger charge is -2.30. The molecular formula is C58H38N2O. The molecule has 3 nitrogen and oxygen atoms in total. The zero-order valence-electron chi connectivity index (χ0n) is 33.2. The predicted octanol–water partition coefficient (Wildman–Crippen LogP) is 16.3. The van der Waals surface area contributed by atoms with Crippen LogP contribution in [0.1, 0.15) is 0 Å². The Balaban J connectivity index is 1.03. The highest BCUT2D eigenvalue weighted by Crippen LogP contribution is 2.46. The van der Waals surface area contributed by atoms with Crippen LogP contribution in [0.4, 0.5) is 17.1 Å². The summed E-state index contributed by atoms with van der Waals surface area (Å²) in [6.07, 6.45) is 0. The summed E-state index contributed by atoms with van der Waals surface area (Å²) in [5.74, 6) is 0. The summed E-state index contributed by atoms with van der Waals surface area (Å²) < 4.78 is 8.85. The summed E-state index contributed by atoms with van der Waals surface area (Å²) in [5.41, 5.74) is 15.3. The zero-order valence-corrected chi connectivity index (χ0v) is 33.2. The smallest absolute Gasteiger partial charge is 0.136 e. The number of rotatable bonds is 7. The minimum Gasteiger partial charge on any atom is -0.456 e. The van der Waals surface area contributed by atoms with Crippen molar-refractivity contribution in [1.29, 1.82) is 0 Å². The van der Waals surface area contributed by atoms with Gasteiger partial charge in [0, 0.05) is 32.8 Å². The van der Waals surface area contributed by atoms with Crippen LogP contribution in [0.3, 0.4) is 0 Å². The molecule has 0 atom stereocenters. The van der Waals surface area contributed by atoms with Gasteiger partial charge in [0.05, 0.1) is 28.1 Å². The Morgan fingerprint density at radius 3 is 1.70 bits per heavy atom. The second-order valence-corrected chi connectivity index (χ2v) is 15.7. The molecule has 0 saturated heterocycles. The third kappa shape index (κ3) is 5.90. The van der Waals surface area contributed by atoms with Gasteiger partial charge < -0.3 is 13.9 Å². The average Bonchev–Trinajstić information content (AvgIpc) is 3.87. The molecule has 0 unspecified atom stereocenters. The van der Waals surface area contributed by atoms with Crippen LogP contribution >= 0.6 is 0 Å². The normalized spacial score (nSPS) is 11.6. The van der Waals surface area contributed by atoms with E-state index in [0.717, 1.165) is 61.4 Å². The Bertz CT molecular complexity index is 3560. The summed E-state index contributed by atoms with van der Waals surface area (Å²) >= 11 is 0. The molecule has 0 spiro atoms. The number of fused-ring (bicyclic) bond motifs is 7. The van der Waals surface area contributed by atoms with Crippen LogP contribution in [0.15, 0.2) is 235 Å². The van der Waals surface area contributed by atoms with Gasteiger partial charge in [-0.3, -0.25) is 0 Å². The van der Waals surface area contributed by atoms with E-state index in [4.69, 9.17) is 4.42 Å². The van der Waals surface area contributed by atoms with Crippen LogP contribution in [0, 0.1) is 0 Å². The molecule has 0 aliphatic rings. The molecule has 0 fully saturated rings. The van der Waals surface area contributed by atoms with Crippen LogP contribution < -0.4 is 4.90 Å². The van der Waals surface area contributed by atoms with Crippen molar-refractivity contribution in [3.8, 4) is 39.1 Å². The third-order valence-electron chi connectivity index (χ3n) is 12.2. The summed E-state index contributed by atoms with van der Waals surface area (Å²) in [6, 6.07) is 83.0. The number of para-hydroxylation sites is 6. The molecule has 10 aromatic carbocycles. The molecule has 0 amide bonds. The number of furan rings is 1. The summed E-state index contributed by atoms with van der Waals surface area (Å²) in [4.78, 5) is 2.42. The van der Waals surface area contributed by atoms with Gasteiger partial charge in [-0.05, 0) is 111 Å². The van der Waals surface area contributed by atoms with Crippen molar-refractivity contribution in [2.24, 2.45) is 0 Å². The molecule has 286 valence electrons. The van der Waals surface area contributed by atoms with E-state index in [1.807, 2.05) is 12.1 Å². The highest BCUT2D eigenvalue weighted by molar-refractivity contribution is 6.10. The fraction of sp³-hybridized carbons (Fsp3) is 0. The van der Waals surface area contributed by atoms with Crippen LogP contribution in [-0.2, 0) is 0 Å². The summed E-state index contributed by atoms with van der Waals surface area (Å²) in [5, 5.41) is 7.20. The third-order valence-corrected chi connectivity index (χ3v) is 12.2. The maximum absolute atomic E-state index is 6.43. The zero-order chi connectivity index (χ0) is 40.3. The number of hydrogen-bond donors (Lipinski definition) is 0. The first kappa shape index (κ1) is 34.9. The summed E-state index contributed by atoms with van der Waals surface area (Å²) in [7, 11) is 0. The molecule has 0 bridgehead atoms. The lowest BCUT2D eigenvalue weighted by Crippen LogP contribution is -2.14. The number of anilines is 3. The first-order chi connectivity index (χ1) is 30.2. The largest absolute Gasteiger partial charge is 0.456 e. The molecular weight excluding hydrogens is 741 g/mol. The molecule has 0 radical (unpaired) electrons. The van der Waals surface area contributed by atoms with Crippen LogP contribution in [0.2, 0.25) is 0 Å². The minimum absolute atomic E-state index is 0.876. The lowest BCUT2D eigenvalue weighted by molar-refractivity contribution is 0.669. The van der Waals surface area contributed by atoms with Gasteiger partial charge in [0.1, 0.15) is 11.2 Å². The number of aromatic nitrogens is 1. The molecule has 2 aromatic heterocycles. The van der Waals surface area contributed by atoms with Gasteiger partial charge in [-0.15, -0.1) is 0 Å². The second-order valence-electron chi connectivity index (χ2n) is 15.7. The van der Waals surface area contributed by atoms with E-state index in [2.05, 4.69) is 228 Å². The molecule has 0 saturated carbocycles. The van der Waals surface area contributed by atoms with E-state index < -0.39 is 0 Å². The monoisotopic (exact) mass is 778 g/mol. The van der Waals surface area contributed by atoms with Crippen molar-refractivity contribution in [3.63, 3.8) is 0 Å². The van der Waals surface area contributed by atoms with Gasteiger partial charge in [0.15, 0.2) is 0 Å². The van der Waals surface area contributed by atoms with Crippen molar-refractivity contribution in [2.45, 2.75) is 0 Å². The fourth-order valence-electron chi connectivity index (χ4n) is 9.29. The number of nitrogens with zero attached hydrogens (tertiary/aromatic N) is 2. The van der Waals surface area contributed by atoms with E-state index >= 15 is 0 Å². The van der Waals surface area contributed by atoms with E-state index in [1.165, 1.54) is 49.3 Å². The first-order valence-electron chi connectivity index (χ1n) is 20.8. The van der Waals surface area contributed by atoms with Gasteiger partial charge in [-0.1, -0.05) is 158 Å². The molecule has 2 heterocycles. The van der Waals surface area contributed by atoms with E-state index in [0.29, 0.717) is 0 Å². The maximum Gasteiger partial charge on any atom is 0.136 e. The van der Waals surface area contributed by atoms with Crippen molar-refractivity contribution in [2.75, 3.05) is 4.90 Å². The van der Waals surface area contributed by atoms with Gasteiger partial charge >= 0.3 is 0 Å². The molecule has 0 aliphatic carbocycles. The Hall–Kier alpha value is -8.14. The topological polar surface area (TPSA) is 21.3 Å². The van der Waals surface area contributed by atoms with Crippen molar-refractivity contribution in [1.82, 2.24) is 4.57 Å². The SMILES string of the molecule is c1cc(-c2ccc(N(c3ccccc3-c3ccc4c(c3)oc3ccccc34)c3ccccc3-n3c4ccccc4c4ccccc43)cc2)cc(-c2ccc3ccccc3c2)c1. The Labute approximate surface area is 353 Å². The molecule has 0 aliphatic heterocycles. The Morgan fingerprint density at radius 1 is 0.328 bits per heavy atom. The van der Waals surface area contributed by atoms with Gasteiger partial charge in [-0.2, -0.15) is 0 Å². The van der Waals surface area contributed by atoms with Gasteiger partial charge in [0.25, 0.3) is 0 Å². The second kappa shape index (κ2) is 14.3. The minimum atomic E-state index is 0.876. The lowest BCUT2D eigenvalue weighted by atomic mass is 9.97. The van der Waals surface area contributed by atoms with E-state index in [1.54, 1.807) is 0 Å². The molecule has 61 heavy (non-hydrogen) atoms. The number of benzene rings is 10. The summed E-state index contributed by atoms with van der Waals surface area (Å²) in [6.45, 7) is 0. The van der Waals surface area contributed by atoms with E-state index in [-0.39, 0.29) is 0 Å². The Kier molecular flexibility index (Phi) is 8.17. The molecule has 0 N–H and O–H groups in total. The molecule has 12 rings (SSSR count). The standard InChI is InChI=1S/C58H38N2O/c1-2-15-41-37-44(29-28-39(41)14-1)43-17-13-16-42(36-43)40-30-33-46(34-31-40)59(52-22-7-3-18-47(52)45-32-35-51-50-21-6-12-27-57(50)61-58(51)38-45)55-25-10-11-26-56(55)60-53-23-8-4-19-48(53)49-20-5-9-24-54(49)60/h1-38H. The fourth-order valence-corrected chi connectivity index (χ4v) is 9.29. The Morgan fingerprint density at radius 2 is 0.902 bits per heavy atom. The van der Waals surface area contributed by atoms with Crippen molar-refractivity contribution < 1.29 is 4.42 Å². The highest BCUT2D eigenvalue weighted by Gasteiger charge is 2.23. The first-order valence-corrected chi connectivity index (χ1v) is 20.8. The van der Waals surface area contributed by atoms with Crippen LogP contribution in [0.5, 0.6) is 0 Å². The highest BCUT2D eigenvalue weighted by atomic mass is 16.3. The number of hydrogen-bond acceptors (Lipinski definition) is 2. The quantitative estimate of drug-likeness (QED) is 0.161. The van der Waals surface area contributed by atoms with Crippen molar-refractivity contribution in [3.05, 3.63) is 231 Å². The van der Waals surface area contributed by atoms with E-state index in [9.17, 15) is 0 Å². The average molecular weight is 779 g/mol. The predicted molar refractivity (Wildman–Crippen MR) is 257 cm³/mol. The van der Waals surface area contributed by atoms with Crippen LogP contribution in [-0.4, -0.2) is 4.57 Å². The van der Waals surface area contributed by atoms with Gasteiger partial charge in [-0.25, -0.2) is 0 Å².